The molecule has 0 unspecified atom stereocenters. The van der Waals surface area contributed by atoms with Gasteiger partial charge in [0.05, 0.1) is 0 Å². The average molecular weight is 327 g/mol. The Hall–Kier alpha value is -2.33. The molecule has 0 aromatic heterocycles. The molecule has 2 rings (SSSR count). The summed E-state index contributed by atoms with van der Waals surface area (Å²) in [4.78, 5) is 11.2. The number of hydrogen-bond donors (Lipinski definition) is 2. The number of rotatable bonds is 9. The molecule has 2 N–H and O–H groups in total. The number of carboxylic acid groups (broad SMARTS) is 1. The van der Waals surface area contributed by atoms with Gasteiger partial charge >= 0.3 is 5.97 Å². The van der Waals surface area contributed by atoms with Gasteiger partial charge in [-0.3, -0.25) is 4.79 Å². The molecule has 0 spiro atoms. The lowest BCUT2D eigenvalue weighted by atomic mass is 10.0. The Kier molecular flexibility index (Phi) is 6.82. The van der Waals surface area contributed by atoms with Crippen molar-refractivity contribution in [3.63, 3.8) is 0 Å². The van der Waals surface area contributed by atoms with Crippen molar-refractivity contribution in [1.29, 1.82) is 0 Å². The normalized spacial score (nSPS) is 12.1. The molecular formula is C20H25NO3. The molecular weight excluding hydrogens is 302 g/mol. The minimum atomic E-state index is -0.800. The van der Waals surface area contributed by atoms with Crippen molar-refractivity contribution in [2.24, 2.45) is 5.92 Å². The summed E-state index contributed by atoms with van der Waals surface area (Å²) < 4.78 is 5.75. The van der Waals surface area contributed by atoms with Gasteiger partial charge in [-0.05, 0) is 35.6 Å². The fourth-order valence-electron chi connectivity index (χ4n) is 2.43. The van der Waals surface area contributed by atoms with E-state index < -0.39 is 12.0 Å². The molecule has 0 bridgehead atoms. The first-order valence-corrected chi connectivity index (χ1v) is 8.26. The van der Waals surface area contributed by atoms with Crippen molar-refractivity contribution in [2.45, 2.75) is 39.5 Å². The molecule has 0 saturated heterocycles. The molecule has 2 aromatic rings. The van der Waals surface area contributed by atoms with Crippen LogP contribution in [0.3, 0.4) is 0 Å². The average Bonchev–Trinajstić information content (AvgIpc) is 2.58. The molecule has 128 valence electrons. The Morgan fingerprint density at radius 2 is 1.71 bits per heavy atom. The third-order valence-corrected chi connectivity index (χ3v) is 3.73. The SMILES string of the molecule is CC(C)C[C@H](NCc1ccc(OCc2ccccc2)cc1)C(=O)O. The molecule has 0 radical (unpaired) electrons. The minimum Gasteiger partial charge on any atom is -0.489 e. The molecule has 2 aromatic carbocycles. The first kappa shape index (κ1) is 18.0. The smallest absolute Gasteiger partial charge is 0.320 e. The van der Waals surface area contributed by atoms with Crippen LogP contribution in [0.2, 0.25) is 0 Å². The molecule has 4 heteroatoms. The van der Waals surface area contributed by atoms with Crippen LogP contribution >= 0.6 is 0 Å². The van der Waals surface area contributed by atoms with Crippen molar-refractivity contribution < 1.29 is 14.6 Å². The number of nitrogens with one attached hydrogen (secondary N) is 1. The third-order valence-electron chi connectivity index (χ3n) is 3.73. The fourth-order valence-corrected chi connectivity index (χ4v) is 2.43. The van der Waals surface area contributed by atoms with Crippen LogP contribution < -0.4 is 10.1 Å². The molecule has 4 nitrogen and oxygen atoms in total. The number of benzene rings is 2. The topological polar surface area (TPSA) is 58.6 Å². The highest BCUT2D eigenvalue weighted by Gasteiger charge is 2.17. The lowest BCUT2D eigenvalue weighted by Crippen LogP contribution is -2.37. The second kappa shape index (κ2) is 9.08. The van der Waals surface area contributed by atoms with Crippen molar-refractivity contribution >= 4 is 5.97 Å². The Morgan fingerprint density at radius 1 is 1.04 bits per heavy atom. The monoisotopic (exact) mass is 327 g/mol. The van der Waals surface area contributed by atoms with Crippen molar-refractivity contribution in [2.75, 3.05) is 0 Å². The number of ether oxygens (including phenoxy) is 1. The van der Waals surface area contributed by atoms with Gasteiger partial charge in [0.25, 0.3) is 0 Å². The molecule has 0 amide bonds. The fraction of sp³-hybridized carbons (Fsp3) is 0.350. The van der Waals surface area contributed by atoms with E-state index in [0.717, 1.165) is 16.9 Å². The van der Waals surface area contributed by atoms with Crippen LogP contribution in [0, 0.1) is 5.92 Å². The summed E-state index contributed by atoms with van der Waals surface area (Å²) in [6, 6.07) is 17.2. The van der Waals surface area contributed by atoms with E-state index in [1.165, 1.54) is 0 Å². The molecule has 0 fully saturated rings. The molecule has 0 aliphatic rings. The van der Waals surface area contributed by atoms with Gasteiger partial charge in [0.1, 0.15) is 18.4 Å². The number of carbonyl (C=O) groups is 1. The standard InChI is InChI=1S/C20H25NO3/c1-15(2)12-19(20(22)23)21-13-16-8-10-18(11-9-16)24-14-17-6-4-3-5-7-17/h3-11,15,19,21H,12-14H2,1-2H3,(H,22,23)/t19-/m0/s1. The summed E-state index contributed by atoms with van der Waals surface area (Å²) >= 11 is 0. The number of hydrogen-bond acceptors (Lipinski definition) is 3. The van der Waals surface area contributed by atoms with Crippen LogP contribution in [-0.2, 0) is 17.9 Å². The zero-order valence-electron chi connectivity index (χ0n) is 14.2. The second-order valence-corrected chi connectivity index (χ2v) is 6.32. The van der Waals surface area contributed by atoms with E-state index in [1.54, 1.807) is 0 Å². The zero-order chi connectivity index (χ0) is 17.4. The summed E-state index contributed by atoms with van der Waals surface area (Å²) in [7, 11) is 0. The summed E-state index contributed by atoms with van der Waals surface area (Å²) in [6.07, 6.45) is 0.619. The highest BCUT2D eigenvalue weighted by Crippen LogP contribution is 2.15. The van der Waals surface area contributed by atoms with Gasteiger partial charge in [0, 0.05) is 6.54 Å². The lowest BCUT2D eigenvalue weighted by Gasteiger charge is -2.16. The van der Waals surface area contributed by atoms with Gasteiger partial charge in [-0.2, -0.15) is 0 Å². The summed E-state index contributed by atoms with van der Waals surface area (Å²) in [6.45, 7) is 5.11. The van der Waals surface area contributed by atoms with E-state index in [9.17, 15) is 9.90 Å². The Morgan fingerprint density at radius 3 is 2.29 bits per heavy atom. The van der Waals surface area contributed by atoms with E-state index in [4.69, 9.17) is 4.74 Å². The van der Waals surface area contributed by atoms with Gasteiger partial charge in [-0.15, -0.1) is 0 Å². The van der Waals surface area contributed by atoms with Crippen molar-refractivity contribution in [3.05, 3.63) is 65.7 Å². The van der Waals surface area contributed by atoms with Crippen LogP contribution in [0.5, 0.6) is 5.75 Å². The maximum atomic E-state index is 11.2. The van der Waals surface area contributed by atoms with Gasteiger partial charge in [-0.1, -0.05) is 56.3 Å². The molecule has 0 aliphatic heterocycles. The van der Waals surface area contributed by atoms with Crippen LogP contribution in [0.25, 0.3) is 0 Å². The largest absolute Gasteiger partial charge is 0.489 e. The van der Waals surface area contributed by atoms with Crippen LogP contribution in [0.4, 0.5) is 0 Å². The molecule has 0 aliphatic carbocycles. The van der Waals surface area contributed by atoms with Gasteiger partial charge in [-0.25, -0.2) is 0 Å². The van der Waals surface area contributed by atoms with Crippen LogP contribution in [0.15, 0.2) is 54.6 Å². The van der Waals surface area contributed by atoms with Gasteiger partial charge in [0.15, 0.2) is 0 Å². The predicted octanol–water partition coefficient (Wildman–Crippen LogP) is 3.85. The van der Waals surface area contributed by atoms with E-state index in [1.807, 2.05) is 68.4 Å². The Bertz CT molecular complexity index is 623. The second-order valence-electron chi connectivity index (χ2n) is 6.32. The molecule has 1 atom stereocenters. The third kappa shape index (κ3) is 6.05. The lowest BCUT2D eigenvalue weighted by molar-refractivity contribution is -0.140. The van der Waals surface area contributed by atoms with E-state index in [-0.39, 0.29) is 0 Å². The zero-order valence-corrected chi connectivity index (χ0v) is 14.2. The van der Waals surface area contributed by atoms with Crippen LogP contribution in [-0.4, -0.2) is 17.1 Å². The number of aliphatic carboxylic acids is 1. The Labute approximate surface area is 143 Å². The predicted molar refractivity (Wildman–Crippen MR) is 94.9 cm³/mol. The minimum absolute atomic E-state index is 0.340. The summed E-state index contributed by atoms with van der Waals surface area (Å²) in [5.74, 6) is 0.346. The van der Waals surface area contributed by atoms with E-state index in [2.05, 4.69) is 5.32 Å². The summed E-state index contributed by atoms with van der Waals surface area (Å²) in [5.41, 5.74) is 2.17. The Balaban J connectivity index is 1.84. The first-order valence-electron chi connectivity index (χ1n) is 8.26. The quantitative estimate of drug-likeness (QED) is 0.734. The molecule has 0 saturated carbocycles. The van der Waals surface area contributed by atoms with Gasteiger partial charge in [0.2, 0.25) is 0 Å². The van der Waals surface area contributed by atoms with Gasteiger partial charge < -0.3 is 15.2 Å². The highest BCUT2D eigenvalue weighted by molar-refractivity contribution is 5.73. The number of carboxylic acids is 1. The van der Waals surface area contributed by atoms with Crippen LogP contribution in [0.1, 0.15) is 31.4 Å². The first-order chi connectivity index (χ1) is 11.5. The van der Waals surface area contributed by atoms with Crippen molar-refractivity contribution in [1.82, 2.24) is 5.32 Å². The molecule has 24 heavy (non-hydrogen) atoms. The maximum Gasteiger partial charge on any atom is 0.320 e. The highest BCUT2D eigenvalue weighted by atomic mass is 16.5. The van der Waals surface area contributed by atoms with Crippen molar-refractivity contribution in [3.8, 4) is 5.75 Å². The van der Waals surface area contributed by atoms with E-state index in [0.29, 0.717) is 25.5 Å². The maximum absolute atomic E-state index is 11.2. The molecule has 0 heterocycles. The van der Waals surface area contributed by atoms with E-state index >= 15 is 0 Å². The summed E-state index contributed by atoms with van der Waals surface area (Å²) in [5, 5.41) is 12.3.